The molecule has 0 saturated heterocycles. The van der Waals surface area contributed by atoms with Gasteiger partial charge in [-0.15, -0.1) is 0 Å². The molecule has 2 aromatic carbocycles. The molecule has 3 heterocycles. The lowest BCUT2D eigenvalue weighted by Gasteiger charge is -2.36. The summed E-state index contributed by atoms with van der Waals surface area (Å²) >= 11 is 6.14. The fourth-order valence-electron chi connectivity index (χ4n) is 4.18. The molecule has 0 saturated carbocycles. The minimum atomic E-state index is -4.67. The summed E-state index contributed by atoms with van der Waals surface area (Å²) in [6.07, 6.45) is -3.25. The number of nitrogens with zero attached hydrogens (tertiary/aromatic N) is 3. The molecule has 5 rings (SSSR count). The van der Waals surface area contributed by atoms with Gasteiger partial charge in [-0.05, 0) is 42.3 Å². The third kappa shape index (κ3) is 3.37. The Morgan fingerprint density at radius 2 is 1.91 bits per heavy atom. The molecule has 4 nitrogen and oxygen atoms in total. The Bertz CT molecular complexity index is 1330. The van der Waals surface area contributed by atoms with E-state index < -0.39 is 29.5 Å². The Labute approximate surface area is 183 Å². The summed E-state index contributed by atoms with van der Waals surface area (Å²) < 4.78 is 68.8. The van der Waals surface area contributed by atoms with Crippen molar-refractivity contribution in [3.8, 4) is 0 Å². The highest BCUT2D eigenvalue weighted by Crippen LogP contribution is 2.41. The maximum atomic E-state index is 14.9. The lowest BCUT2D eigenvalue weighted by Crippen LogP contribution is -2.38. The second-order valence-electron chi connectivity index (χ2n) is 7.44. The first-order valence-electron chi connectivity index (χ1n) is 9.65. The second-order valence-corrected chi connectivity index (χ2v) is 7.87. The number of anilines is 1. The Balaban J connectivity index is 1.73. The fourth-order valence-corrected chi connectivity index (χ4v) is 4.35. The predicted octanol–water partition coefficient (Wildman–Crippen LogP) is 6.06. The first kappa shape index (κ1) is 20.7. The number of fused-ring (bicyclic) bond motifs is 3. The summed E-state index contributed by atoms with van der Waals surface area (Å²) in [5.74, 6) is -2.37. The van der Waals surface area contributed by atoms with E-state index in [1.54, 1.807) is 18.2 Å². The van der Waals surface area contributed by atoms with Crippen LogP contribution >= 0.6 is 11.6 Å². The average Bonchev–Trinajstić information content (AvgIpc) is 3.12. The number of rotatable bonds is 2. The molecule has 1 atom stereocenters. The number of nitrogens with one attached hydrogen (secondary N) is 1. The van der Waals surface area contributed by atoms with Gasteiger partial charge in [-0.2, -0.15) is 13.2 Å². The van der Waals surface area contributed by atoms with Gasteiger partial charge in [-0.3, -0.25) is 0 Å². The van der Waals surface area contributed by atoms with E-state index in [0.717, 1.165) is 34.8 Å². The third-order valence-electron chi connectivity index (χ3n) is 5.56. The first-order chi connectivity index (χ1) is 15.2. The molecule has 1 unspecified atom stereocenters. The zero-order chi connectivity index (χ0) is 22.6. The molecular weight excluding hydrogens is 451 g/mol. The van der Waals surface area contributed by atoms with Crippen LogP contribution in [0.1, 0.15) is 28.6 Å². The third-order valence-corrected chi connectivity index (χ3v) is 5.79. The molecule has 0 spiro atoms. The summed E-state index contributed by atoms with van der Waals surface area (Å²) in [6.45, 7) is 0.189. The monoisotopic (exact) mass is 464 g/mol. The van der Waals surface area contributed by atoms with Crippen molar-refractivity contribution in [2.24, 2.45) is 0 Å². The number of hydrogen-bond donors (Lipinski definition) is 1. The molecule has 4 aromatic rings. The van der Waals surface area contributed by atoms with Gasteiger partial charge < -0.3 is 9.88 Å². The zero-order valence-electron chi connectivity index (χ0n) is 16.2. The van der Waals surface area contributed by atoms with Crippen LogP contribution in [0.4, 0.5) is 27.9 Å². The van der Waals surface area contributed by atoms with Crippen molar-refractivity contribution in [3.63, 3.8) is 0 Å². The van der Waals surface area contributed by atoms with Gasteiger partial charge in [0, 0.05) is 39.9 Å². The van der Waals surface area contributed by atoms with Crippen molar-refractivity contribution in [3.05, 3.63) is 87.8 Å². The van der Waals surface area contributed by atoms with Gasteiger partial charge >= 0.3 is 6.18 Å². The SMILES string of the molecule is Fc1cccc(C2c3[nH]c4ccc(Cl)cc4c3CCN2c2nccc(C(F)(F)F)n2)c1F. The van der Waals surface area contributed by atoms with Crippen molar-refractivity contribution in [2.75, 3.05) is 11.4 Å². The topological polar surface area (TPSA) is 44.8 Å². The van der Waals surface area contributed by atoms with Gasteiger partial charge in [0.1, 0.15) is 11.7 Å². The average molecular weight is 465 g/mol. The van der Waals surface area contributed by atoms with E-state index in [0.29, 0.717) is 17.1 Å². The minimum absolute atomic E-state index is 0.0374. The molecule has 2 aromatic heterocycles. The molecule has 32 heavy (non-hydrogen) atoms. The van der Waals surface area contributed by atoms with Crippen LogP contribution in [-0.4, -0.2) is 21.5 Å². The van der Waals surface area contributed by atoms with E-state index >= 15 is 0 Å². The molecule has 10 heteroatoms. The number of H-pyrrole nitrogens is 1. The van der Waals surface area contributed by atoms with E-state index in [1.807, 2.05) is 0 Å². The van der Waals surface area contributed by atoms with Crippen LogP contribution in [-0.2, 0) is 12.6 Å². The highest BCUT2D eigenvalue weighted by molar-refractivity contribution is 6.31. The van der Waals surface area contributed by atoms with E-state index in [4.69, 9.17) is 11.6 Å². The van der Waals surface area contributed by atoms with Crippen LogP contribution in [0.5, 0.6) is 0 Å². The number of aromatic amines is 1. The van der Waals surface area contributed by atoms with Crippen molar-refractivity contribution < 1.29 is 22.0 Å². The van der Waals surface area contributed by atoms with Gasteiger partial charge in [0.2, 0.25) is 5.95 Å². The number of alkyl halides is 3. The Kier molecular flexibility index (Phi) is 4.81. The van der Waals surface area contributed by atoms with Crippen LogP contribution in [0, 0.1) is 11.6 Å². The standard InChI is InChI=1S/C22H14ClF5N4/c23-11-4-5-16-14(10-11)12-7-9-32(21-29-8-6-17(31-21)22(26,27)28)20(19(12)30-16)13-2-1-3-15(24)18(13)25/h1-6,8,10,20,30H,7,9H2. The summed E-state index contributed by atoms with van der Waals surface area (Å²) in [4.78, 5) is 12.4. The fraction of sp³-hybridized carbons (Fsp3) is 0.182. The Morgan fingerprint density at radius 3 is 2.69 bits per heavy atom. The molecule has 0 aliphatic carbocycles. The molecule has 164 valence electrons. The number of aromatic nitrogens is 3. The number of benzene rings is 2. The number of hydrogen-bond acceptors (Lipinski definition) is 3. The van der Waals surface area contributed by atoms with Crippen molar-refractivity contribution in [1.29, 1.82) is 0 Å². The van der Waals surface area contributed by atoms with Gasteiger partial charge in [-0.1, -0.05) is 23.7 Å². The van der Waals surface area contributed by atoms with Crippen LogP contribution in [0.15, 0.2) is 48.7 Å². The van der Waals surface area contributed by atoms with Crippen LogP contribution < -0.4 is 4.90 Å². The summed E-state index contributed by atoms with van der Waals surface area (Å²) in [5.41, 5.74) is 0.936. The molecule has 1 aliphatic rings. The van der Waals surface area contributed by atoms with Crippen molar-refractivity contribution in [2.45, 2.75) is 18.6 Å². The maximum absolute atomic E-state index is 14.9. The van der Waals surface area contributed by atoms with Crippen LogP contribution in [0.2, 0.25) is 5.02 Å². The molecule has 0 amide bonds. The molecular formula is C22H14ClF5N4. The summed E-state index contributed by atoms with van der Waals surface area (Å²) in [6, 6.07) is 8.76. The van der Waals surface area contributed by atoms with Crippen molar-refractivity contribution in [1.82, 2.24) is 15.0 Å². The van der Waals surface area contributed by atoms with E-state index in [1.165, 1.54) is 17.0 Å². The molecule has 0 bridgehead atoms. The zero-order valence-corrected chi connectivity index (χ0v) is 17.0. The van der Waals surface area contributed by atoms with Gasteiger partial charge in [0.15, 0.2) is 11.6 Å². The molecule has 1 N–H and O–H groups in total. The normalized spacial score (nSPS) is 16.4. The highest BCUT2D eigenvalue weighted by Gasteiger charge is 2.38. The van der Waals surface area contributed by atoms with Crippen LogP contribution in [0.3, 0.4) is 0 Å². The summed E-state index contributed by atoms with van der Waals surface area (Å²) in [7, 11) is 0. The van der Waals surface area contributed by atoms with Crippen LogP contribution in [0.25, 0.3) is 10.9 Å². The van der Waals surface area contributed by atoms with Crippen molar-refractivity contribution >= 4 is 28.5 Å². The predicted molar refractivity (Wildman–Crippen MR) is 110 cm³/mol. The Hall–Kier alpha value is -3.20. The Morgan fingerprint density at radius 1 is 1.09 bits per heavy atom. The first-order valence-corrected chi connectivity index (χ1v) is 10.0. The molecule has 0 fully saturated rings. The summed E-state index contributed by atoms with van der Waals surface area (Å²) in [5, 5.41) is 1.33. The largest absolute Gasteiger partial charge is 0.433 e. The van der Waals surface area contributed by atoms with E-state index in [2.05, 4.69) is 15.0 Å². The second kappa shape index (κ2) is 7.44. The number of halogens is 6. The molecule has 0 radical (unpaired) electrons. The smallest absolute Gasteiger partial charge is 0.356 e. The highest BCUT2D eigenvalue weighted by atomic mass is 35.5. The van der Waals surface area contributed by atoms with E-state index in [9.17, 15) is 22.0 Å². The maximum Gasteiger partial charge on any atom is 0.433 e. The minimum Gasteiger partial charge on any atom is -0.356 e. The lowest BCUT2D eigenvalue weighted by atomic mass is 9.92. The van der Waals surface area contributed by atoms with Gasteiger partial charge in [0.05, 0.1) is 0 Å². The van der Waals surface area contributed by atoms with E-state index in [-0.39, 0.29) is 18.1 Å². The molecule has 1 aliphatic heterocycles. The quantitative estimate of drug-likeness (QED) is 0.367. The lowest BCUT2D eigenvalue weighted by molar-refractivity contribution is -0.141. The van der Waals surface area contributed by atoms with Gasteiger partial charge in [-0.25, -0.2) is 18.7 Å². The van der Waals surface area contributed by atoms with Gasteiger partial charge in [0.25, 0.3) is 0 Å².